The average Bonchev–Trinajstić information content (AvgIpc) is 3.96. The van der Waals surface area contributed by atoms with Crippen LogP contribution in [0.25, 0.3) is 99.6 Å². The van der Waals surface area contributed by atoms with Crippen molar-refractivity contribution < 1.29 is 8.83 Å². The summed E-state index contributed by atoms with van der Waals surface area (Å²) in [5, 5.41) is 6.78. The number of oxazole rings is 2. The molecule has 0 N–H and O–H groups in total. The number of benzene rings is 6. The first-order chi connectivity index (χ1) is 25.8. The normalized spacial score (nSPS) is 11.5. The molecule has 10 aromatic rings. The van der Waals surface area contributed by atoms with E-state index in [0.717, 1.165) is 77.7 Å². The van der Waals surface area contributed by atoms with E-state index in [-0.39, 0.29) is 0 Å². The summed E-state index contributed by atoms with van der Waals surface area (Å²) in [5.74, 6) is 0. The lowest BCUT2D eigenvalue weighted by Crippen LogP contribution is -1.95. The fraction of sp³-hybridized carbons (Fsp3) is 0. The van der Waals surface area contributed by atoms with Crippen molar-refractivity contribution in [2.24, 2.45) is 0 Å². The molecule has 0 radical (unpaired) electrons. The van der Waals surface area contributed by atoms with Gasteiger partial charge in [0.05, 0.1) is 11.4 Å². The minimum atomic E-state index is 0.759. The summed E-state index contributed by atoms with van der Waals surface area (Å²) in [6.45, 7) is 0. The van der Waals surface area contributed by atoms with Crippen molar-refractivity contribution in [3.05, 3.63) is 171 Å². The quantitative estimate of drug-likeness (QED) is 0.164. The predicted molar refractivity (Wildman–Crippen MR) is 207 cm³/mol. The second kappa shape index (κ2) is 12.3. The highest BCUT2D eigenvalue weighted by molar-refractivity contribution is 6.21. The van der Waals surface area contributed by atoms with Gasteiger partial charge in [0, 0.05) is 34.6 Å². The van der Waals surface area contributed by atoms with Gasteiger partial charge in [0.2, 0.25) is 0 Å². The minimum absolute atomic E-state index is 0.759. The number of aromatic nitrogens is 4. The largest absolute Gasteiger partial charge is 0.451 e. The van der Waals surface area contributed by atoms with Gasteiger partial charge in [-0.25, -0.2) is 9.97 Å². The van der Waals surface area contributed by atoms with Crippen molar-refractivity contribution in [3.63, 3.8) is 0 Å². The van der Waals surface area contributed by atoms with Crippen LogP contribution < -0.4 is 0 Å². The van der Waals surface area contributed by atoms with Gasteiger partial charge in [-0.2, -0.15) is 0 Å². The Labute approximate surface area is 298 Å². The Kier molecular flexibility index (Phi) is 7.03. The Morgan fingerprint density at radius 2 is 0.885 bits per heavy atom. The summed E-state index contributed by atoms with van der Waals surface area (Å²) in [4.78, 5) is 18.7. The maximum absolute atomic E-state index is 5.33. The average molecular weight is 669 g/mol. The van der Waals surface area contributed by atoms with Gasteiger partial charge in [0.15, 0.2) is 12.8 Å². The maximum atomic E-state index is 5.33. The molecule has 10 rings (SSSR count). The van der Waals surface area contributed by atoms with Crippen molar-refractivity contribution in [1.82, 2.24) is 19.9 Å². The van der Waals surface area contributed by atoms with Crippen LogP contribution in [0.4, 0.5) is 0 Å². The van der Waals surface area contributed by atoms with E-state index >= 15 is 0 Å². The number of fused-ring (bicyclic) bond motifs is 3. The molecule has 0 bridgehead atoms. The third-order valence-electron chi connectivity index (χ3n) is 9.83. The second-order valence-electron chi connectivity index (χ2n) is 12.8. The number of hydrogen-bond acceptors (Lipinski definition) is 6. The summed E-state index contributed by atoms with van der Waals surface area (Å²) in [6, 6.07) is 47.2. The summed E-state index contributed by atoms with van der Waals surface area (Å²) < 4.78 is 10.6. The van der Waals surface area contributed by atoms with Crippen molar-refractivity contribution >= 4 is 32.3 Å². The molecular weight excluding hydrogens is 641 g/mol. The zero-order valence-corrected chi connectivity index (χ0v) is 27.8. The molecule has 0 aliphatic carbocycles. The Hall–Kier alpha value is -7.18. The van der Waals surface area contributed by atoms with E-state index in [0.29, 0.717) is 0 Å². The Bertz CT molecular complexity index is 2890. The molecule has 6 nitrogen and oxygen atoms in total. The van der Waals surface area contributed by atoms with Crippen LogP contribution in [0.3, 0.4) is 0 Å². The zero-order valence-electron chi connectivity index (χ0n) is 27.8. The highest BCUT2D eigenvalue weighted by atomic mass is 16.3. The maximum Gasteiger partial charge on any atom is 0.181 e. The summed E-state index contributed by atoms with van der Waals surface area (Å²) >= 11 is 0. The first-order valence-electron chi connectivity index (χ1n) is 17.1. The molecule has 6 aromatic carbocycles. The highest BCUT2D eigenvalue weighted by Gasteiger charge is 2.20. The topological polar surface area (TPSA) is 77.8 Å². The zero-order chi connectivity index (χ0) is 34.4. The molecule has 4 heterocycles. The Balaban J connectivity index is 1.20. The summed E-state index contributed by atoms with van der Waals surface area (Å²) in [5.41, 5.74) is 11.8. The molecule has 0 spiro atoms. The third kappa shape index (κ3) is 5.05. The van der Waals surface area contributed by atoms with Gasteiger partial charge in [-0.1, -0.05) is 103 Å². The van der Waals surface area contributed by atoms with E-state index in [9.17, 15) is 0 Å². The van der Waals surface area contributed by atoms with Crippen LogP contribution in [0, 0.1) is 0 Å². The molecule has 0 aliphatic heterocycles. The molecule has 244 valence electrons. The van der Waals surface area contributed by atoms with E-state index in [2.05, 4.69) is 131 Å². The van der Waals surface area contributed by atoms with Gasteiger partial charge in [-0.3, -0.25) is 9.97 Å². The van der Waals surface area contributed by atoms with Crippen LogP contribution in [0.2, 0.25) is 0 Å². The molecule has 0 aliphatic rings. The monoisotopic (exact) mass is 668 g/mol. The van der Waals surface area contributed by atoms with E-state index in [1.807, 2.05) is 24.5 Å². The molecule has 0 unspecified atom stereocenters. The first kappa shape index (κ1) is 29.7. The third-order valence-corrected chi connectivity index (χ3v) is 9.83. The smallest absolute Gasteiger partial charge is 0.181 e. The molecular formula is C46H28N4O2. The minimum Gasteiger partial charge on any atom is -0.451 e. The molecule has 0 fully saturated rings. The summed E-state index contributed by atoms with van der Waals surface area (Å²) in [6.07, 6.45) is 9.89. The van der Waals surface area contributed by atoms with E-state index < -0.39 is 0 Å². The van der Waals surface area contributed by atoms with Gasteiger partial charge in [-0.15, -0.1) is 0 Å². The fourth-order valence-electron chi connectivity index (χ4n) is 7.39. The van der Waals surface area contributed by atoms with Crippen LogP contribution >= 0.6 is 0 Å². The number of nitrogens with zero attached hydrogens (tertiary/aromatic N) is 4. The van der Waals surface area contributed by atoms with Gasteiger partial charge < -0.3 is 8.83 Å². The SMILES string of the molecule is c1ccc2c(-c3ccc(-c4ccc5c(-c6cc(-c7cocn7)ccn6)c6ccccc6c(-c6cc(-c7cocn7)ccn6)c5c4)cc3)cccc2c1. The van der Waals surface area contributed by atoms with Gasteiger partial charge in [-0.05, 0) is 84.9 Å². The van der Waals surface area contributed by atoms with Crippen molar-refractivity contribution in [2.45, 2.75) is 0 Å². The van der Waals surface area contributed by atoms with Crippen molar-refractivity contribution in [1.29, 1.82) is 0 Å². The van der Waals surface area contributed by atoms with Crippen molar-refractivity contribution in [3.8, 4) is 67.3 Å². The molecule has 52 heavy (non-hydrogen) atoms. The van der Waals surface area contributed by atoms with Gasteiger partial charge >= 0.3 is 0 Å². The van der Waals surface area contributed by atoms with Crippen LogP contribution in [-0.2, 0) is 0 Å². The first-order valence-corrected chi connectivity index (χ1v) is 17.1. The lowest BCUT2D eigenvalue weighted by molar-refractivity contribution is 0.558. The van der Waals surface area contributed by atoms with Gasteiger partial charge in [0.25, 0.3) is 0 Å². The number of hydrogen-bond donors (Lipinski definition) is 0. The van der Waals surface area contributed by atoms with Crippen LogP contribution in [0.15, 0.2) is 180 Å². The molecule has 0 amide bonds. The van der Waals surface area contributed by atoms with Gasteiger partial charge in [0.1, 0.15) is 23.9 Å². The van der Waals surface area contributed by atoms with Crippen molar-refractivity contribution in [2.75, 3.05) is 0 Å². The van der Waals surface area contributed by atoms with E-state index in [1.165, 1.54) is 34.7 Å². The Morgan fingerprint density at radius 1 is 0.346 bits per heavy atom. The highest BCUT2D eigenvalue weighted by Crippen LogP contribution is 2.45. The Morgan fingerprint density at radius 3 is 1.52 bits per heavy atom. The molecule has 0 saturated carbocycles. The van der Waals surface area contributed by atoms with Crippen LogP contribution in [0.5, 0.6) is 0 Å². The molecule has 0 atom stereocenters. The second-order valence-corrected chi connectivity index (χ2v) is 12.8. The molecule has 0 saturated heterocycles. The lowest BCUT2D eigenvalue weighted by atomic mass is 9.86. The standard InChI is InChI=1S/C46H28N4O2/c1-2-8-35-30(6-1)7-5-11-36(35)31-14-12-29(13-15-31)32-16-17-39-40(22-32)46(42-24-34(19-21-48-42)44-26-52-28-50-44)38-10-4-3-9-37(38)45(39)41-23-33(18-20-47-41)43-25-51-27-49-43/h1-28H. The fourth-order valence-corrected chi connectivity index (χ4v) is 7.39. The lowest BCUT2D eigenvalue weighted by Gasteiger charge is -2.18. The summed E-state index contributed by atoms with van der Waals surface area (Å²) in [7, 11) is 0. The molecule has 6 heteroatoms. The van der Waals surface area contributed by atoms with Crippen LogP contribution in [0.1, 0.15) is 0 Å². The van der Waals surface area contributed by atoms with Crippen LogP contribution in [-0.4, -0.2) is 19.9 Å². The van der Waals surface area contributed by atoms with E-state index in [1.54, 1.807) is 12.5 Å². The number of pyridine rings is 2. The van der Waals surface area contributed by atoms with E-state index in [4.69, 9.17) is 18.8 Å². The predicted octanol–water partition coefficient (Wildman–Crippen LogP) is 11.9. The number of rotatable bonds is 6. The molecule has 4 aromatic heterocycles.